The highest BCUT2D eigenvalue weighted by atomic mass is 32.1. The predicted octanol–water partition coefficient (Wildman–Crippen LogP) is 4.07. The summed E-state index contributed by atoms with van der Waals surface area (Å²) in [7, 11) is 0. The van der Waals surface area contributed by atoms with Gasteiger partial charge in [-0.05, 0) is 19.1 Å². The first kappa shape index (κ1) is 21.7. The fraction of sp³-hybridized carbons (Fsp3) is 0.300. The molecule has 1 amide bonds. The SMILES string of the molecule is Cc1cc(=O)c(C(=O)NCc2csc(C(C)C)n2)nn1-c1ccccc1C(F)(F)F. The van der Waals surface area contributed by atoms with Crippen LogP contribution in [0.3, 0.4) is 0 Å². The minimum absolute atomic E-state index is 0.0796. The molecule has 158 valence electrons. The lowest BCUT2D eigenvalue weighted by Crippen LogP contribution is -2.32. The lowest BCUT2D eigenvalue weighted by Gasteiger charge is -2.16. The smallest absolute Gasteiger partial charge is 0.345 e. The highest BCUT2D eigenvalue weighted by molar-refractivity contribution is 7.09. The van der Waals surface area contributed by atoms with Gasteiger partial charge in [-0.25, -0.2) is 9.67 Å². The number of hydrogen-bond donors (Lipinski definition) is 1. The van der Waals surface area contributed by atoms with E-state index in [9.17, 15) is 22.8 Å². The zero-order chi connectivity index (χ0) is 22.1. The Bertz CT molecular complexity index is 1140. The van der Waals surface area contributed by atoms with Crippen molar-refractivity contribution >= 4 is 17.2 Å². The molecule has 6 nitrogen and oxygen atoms in total. The Labute approximate surface area is 174 Å². The number of aromatic nitrogens is 3. The van der Waals surface area contributed by atoms with Crippen LogP contribution >= 0.6 is 11.3 Å². The summed E-state index contributed by atoms with van der Waals surface area (Å²) in [6.07, 6.45) is -4.62. The maximum absolute atomic E-state index is 13.4. The Hall–Kier alpha value is -3.01. The molecule has 0 fully saturated rings. The Morgan fingerprint density at radius 3 is 2.60 bits per heavy atom. The first-order valence-corrected chi connectivity index (χ1v) is 9.96. The van der Waals surface area contributed by atoms with E-state index in [1.165, 1.54) is 36.5 Å². The van der Waals surface area contributed by atoms with E-state index in [1.54, 1.807) is 5.38 Å². The quantitative estimate of drug-likeness (QED) is 0.654. The summed E-state index contributed by atoms with van der Waals surface area (Å²) < 4.78 is 41.1. The van der Waals surface area contributed by atoms with Crippen molar-refractivity contribution in [2.45, 2.75) is 39.4 Å². The normalized spacial score (nSPS) is 11.7. The van der Waals surface area contributed by atoms with E-state index in [4.69, 9.17) is 0 Å². The average molecular weight is 436 g/mol. The van der Waals surface area contributed by atoms with Gasteiger partial charge < -0.3 is 5.32 Å². The predicted molar refractivity (Wildman–Crippen MR) is 107 cm³/mol. The number of hydrogen-bond acceptors (Lipinski definition) is 5. The van der Waals surface area contributed by atoms with E-state index in [0.29, 0.717) is 5.69 Å². The molecule has 3 aromatic rings. The summed E-state index contributed by atoms with van der Waals surface area (Å²) in [5, 5.41) is 9.21. The molecule has 0 atom stereocenters. The Morgan fingerprint density at radius 1 is 1.27 bits per heavy atom. The highest BCUT2D eigenvalue weighted by Crippen LogP contribution is 2.33. The molecular weight excluding hydrogens is 417 g/mol. The van der Waals surface area contributed by atoms with E-state index in [-0.39, 0.29) is 23.8 Å². The van der Waals surface area contributed by atoms with Crippen LogP contribution in [0.15, 0.2) is 40.5 Å². The van der Waals surface area contributed by atoms with Crippen molar-refractivity contribution in [3.8, 4) is 5.69 Å². The van der Waals surface area contributed by atoms with Gasteiger partial charge in [0, 0.05) is 23.1 Å². The molecule has 2 aromatic heterocycles. The van der Waals surface area contributed by atoms with Crippen molar-refractivity contribution in [1.29, 1.82) is 0 Å². The zero-order valence-corrected chi connectivity index (χ0v) is 17.3. The van der Waals surface area contributed by atoms with Gasteiger partial charge in [-0.1, -0.05) is 26.0 Å². The zero-order valence-electron chi connectivity index (χ0n) is 16.4. The topological polar surface area (TPSA) is 76.9 Å². The molecule has 0 bridgehead atoms. The Balaban J connectivity index is 1.92. The van der Waals surface area contributed by atoms with Crippen LogP contribution in [0, 0.1) is 6.92 Å². The summed E-state index contributed by atoms with van der Waals surface area (Å²) in [6.45, 7) is 5.53. The fourth-order valence-electron chi connectivity index (χ4n) is 2.77. The van der Waals surface area contributed by atoms with E-state index >= 15 is 0 Å². The molecule has 10 heteroatoms. The van der Waals surface area contributed by atoms with Crippen LogP contribution in [0.4, 0.5) is 13.2 Å². The standard InChI is InChI=1S/C20H19F3N4O2S/c1-11(2)19-25-13(10-30-19)9-24-18(29)17-16(28)8-12(3)27(26-17)15-7-5-4-6-14(15)20(21,22)23/h4-8,10-11H,9H2,1-3H3,(H,24,29). The van der Waals surface area contributed by atoms with Gasteiger partial charge in [0.05, 0.1) is 28.5 Å². The molecule has 0 saturated heterocycles. The van der Waals surface area contributed by atoms with E-state index in [1.807, 2.05) is 13.8 Å². The van der Waals surface area contributed by atoms with E-state index in [0.717, 1.165) is 21.8 Å². The molecule has 0 spiro atoms. The lowest BCUT2D eigenvalue weighted by molar-refractivity contribution is -0.137. The number of rotatable bonds is 5. The number of halogens is 3. The molecule has 0 aliphatic heterocycles. The van der Waals surface area contributed by atoms with Crippen LogP contribution in [-0.2, 0) is 12.7 Å². The molecule has 1 N–H and O–H groups in total. The maximum atomic E-state index is 13.4. The van der Waals surface area contributed by atoms with Gasteiger partial charge in [0.15, 0.2) is 5.69 Å². The Morgan fingerprint density at radius 2 is 1.97 bits per heavy atom. The summed E-state index contributed by atoms with van der Waals surface area (Å²) in [4.78, 5) is 29.2. The largest absolute Gasteiger partial charge is 0.418 e. The molecule has 0 aliphatic carbocycles. The third-order valence-corrected chi connectivity index (χ3v) is 5.45. The van der Waals surface area contributed by atoms with Crippen LogP contribution in [0.5, 0.6) is 0 Å². The number of nitrogens with zero attached hydrogens (tertiary/aromatic N) is 3. The monoisotopic (exact) mass is 436 g/mol. The van der Waals surface area contributed by atoms with Gasteiger partial charge >= 0.3 is 6.18 Å². The molecule has 1 aromatic carbocycles. The summed E-state index contributed by atoms with van der Waals surface area (Å²) in [5.41, 5.74) is -1.54. The number of para-hydroxylation sites is 1. The van der Waals surface area contributed by atoms with Crippen molar-refractivity contribution < 1.29 is 18.0 Å². The van der Waals surface area contributed by atoms with Crippen LogP contribution < -0.4 is 10.7 Å². The summed E-state index contributed by atoms with van der Waals surface area (Å²) in [5.74, 6) is -0.531. The van der Waals surface area contributed by atoms with Crippen molar-refractivity contribution in [2.75, 3.05) is 0 Å². The van der Waals surface area contributed by atoms with Crippen LogP contribution in [0.2, 0.25) is 0 Å². The number of aryl methyl sites for hydroxylation is 1. The first-order chi connectivity index (χ1) is 14.1. The molecule has 2 heterocycles. The molecule has 0 saturated carbocycles. The van der Waals surface area contributed by atoms with Crippen molar-refractivity contribution in [3.05, 3.63) is 73.6 Å². The average Bonchev–Trinajstić information content (AvgIpc) is 3.15. The second-order valence-corrected chi connectivity index (χ2v) is 7.83. The highest BCUT2D eigenvalue weighted by Gasteiger charge is 2.34. The van der Waals surface area contributed by atoms with Gasteiger partial charge in [-0.2, -0.15) is 18.3 Å². The minimum Gasteiger partial charge on any atom is -0.345 e. The molecule has 30 heavy (non-hydrogen) atoms. The molecule has 0 unspecified atom stereocenters. The minimum atomic E-state index is -4.62. The van der Waals surface area contributed by atoms with Gasteiger partial charge in [0.25, 0.3) is 5.91 Å². The summed E-state index contributed by atoms with van der Waals surface area (Å²) in [6, 6.07) is 5.94. The second kappa shape index (κ2) is 8.39. The summed E-state index contributed by atoms with van der Waals surface area (Å²) >= 11 is 1.46. The Kier molecular flexibility index (Phi) is 6.06. The molecule has 0 aliphatic rings. The van der Waals surface area contributed by atoms with Crippen LogP contribution in [0.25, 0.3) is 5.69 Å². The second-order valence-electron chi connectivity index (χ2n) is 6.94. The van der Waals surface area contributed by atoms with E-state index < -0.39 is 28.8 Å². The van der Waals surface area contributed by atoms with Crippen molar-refractivity contribution in [2.24, 2.45) is 0 Å². The van der Waals surface area contributed by atoms with Crippen molar-refractivity contribution in [1.82, 2.24) is 20.1 Å². The third kappa shape index (κ3) is 4.59. The van der Waals surface area contributed by atoms with Gasteiger partial charge in [0.1, 0.15) is 0 Å². The van der Waals surface area contributed by atoms with Crippen molar-refractivity contribution in [3.63, 3.8) is 0 Å². The van der Waals surface area contributed by atoms with Crippen LogP contribution in [0.1, 0.15) is 52.2 Å². The van der Waals surface area contributed by atoms with Gasteiger partial charge in [-0.3, -0.25) is 9.59 Å². The van der Waals surface area contributed by atoms with Gasteiger partial charge in [-0.15, -0.1) is 11.3 Å². The number of alkyl halides is 3. The van der Waals surface area contributed by atoms with Gasteiger partial charge in [0.2, 0.25) is 5.43 Å². The number of carbonyl (C=O) groups is 1. The number of carbonyl (C=O) groups excluding carboxylic acids is 1. The van der Waals surface area contributed by atoms with E-state index in [2.05, 4.69) is 15.4 Å². The molecule has 3 rings (SSSR count). The fourth-order valence-corrected chi connectivity index (χ4v) is 3.61. The first-order valence-electron chi connectivity index (χ1n) is 9.08. The number of amides is 1. The molecule has 0 radical (unpaired) electrons. The third-order valence-electron chi connectivity index (χ3n) is 4.25. The number of benzene rings is 1. The molecular formula is C20H19F3N4O2S. The lowest BCUT2D eigenvalue weighted by atomic mass is 10.1. The maximum Gasteiger partial charge on any atom is 0.418 e. The number of nitrogens with one attached hydrogen (secondary N) is 1. The van der Waals surface area contributed by atoms with Crippen LogP contribution in [-0.4, -0.2) is 20.7 Å². The number of thiazole rings is 1.